The van der Waals surface area contributed by atoms with Gasteiger partial charge in [-0.15, -0.1) is 0 Å². The summed E-state index contributed by atoms with van der Waals surface area (Å²) in [6, 6.07) is 6.73. The maximum Gasteiger partial charge on any atom is 0.0305 e. The summed E-state index contributed by atoms with van der Waals surface area (Å²) in [6.07, 6.45) is 1.11. The fourth-order valence-electron chi connectivity index (χ4n) is 1.81. The summed E-state index contributed by atoms with van der Waals surface area (Å²) in [7, 11) is 0. The van der Waals surface area contributed by atoms with Crippen LogP contribution in [0.3, 0.4) is 0 Å². The zero-order valence-corrected chi connectivity index (χ0v) is 8.73. The molecule has 13 heavy (non-hydrogen) atoms. The van der Waals surface area contributed by atoms with Crippen molar-refractivity contribution in [3.8, 4) is 0 Å². The van der Waals surface area contributed by atoms with Crippen molar-refractivity contribution < 1.29 is 0 Å². The standard InChI is InChI=1S/C11H15NS/c1-8-3-2-4-9-10(8)7-13-6-5-11(9)12/h2-4,11H,5-7,12H2,1H3/t11-/m0/s1. The molecule has 1 atom stereocenters. The van der Waals surface area contributed by atoms with Crippen molar-refractivity contribution in [3.05, 3.63) is 34.9 Å². The van der Waals surface area contributed by atoms with Crippen molar-refractivity contribution in [2.75, 3.05) is 5.75 Å². The van der Waals surface area contributed by atoms with Crippen molar-refractivity contribution in [1.82, 2.24) is 0 Å². The van der Waals surface area contributed by atoms with Gasteiger partial charge in [-0.2, -0.15) is 11.8 Å². The number of hydrogen-bond donors (Lipinski definition) is 1. The van der Waals surface area contributed by atoms with Crippen molar-refractivity contribution in [3.63, 3.8) is 0 Å². The summed E-state index contributed by atoms with van der Waals surface area (Å²) in [5.41, 5.74) is 10.3. The normalized spacial score (nSPS) is 22.2. The highest BCUT2D eigenvalue weighted by Crippen LogP contribution is 2.30. The molecule has 2 heteroatoms. The number of rotatable bonds is 0. The van der Waals surface area contributed by atoms with Crippen LogP contribution in [0.15, 0.2) is 18.2 Å². The quantitative estimate of drug-likeness (QED) is 0.685. The van der Waals surface area contributed by atoms with Crippen LogP contribution in [0.4, 0.5) is 0 Å². The number of aryl methyl sites for hydroxylation is 1. The van der Waals surface area contributed by atoms with Gasteiger partial charge in [-0.1, -0.05) is 18.2 Å². The van der Waals surface area contributed by atoms with Gasteiger partial charge in [0.15, 0.2) is 0 Å². The Balaban J connectivity index is 2.47. The molecule has 0 saturated heterocycles. The van der Waals surface area contributed by atoms with E-state index in [9.17, 15) is 0 Å². The van der Waals surface area contributed by atoms with Gasteiger partial charge in [0, 0.05) is 11.8 Å². The van der Waals surface area contributed by atoms with Crippen molar-refractivity contribution in [2.24, 2.45) is 5.73 Å². The fraction of sp³-hybridized carbons (Fsp3) is 0.455. The Morgan fingerprint density at radius 1 is 1.46 bits per heavy atom. The van der Waals surface area contributed by atoms with E-state index in [4.69, 9.17) is 5.73 Å². The molecule has 1 heterocycles. The van der Waals surface area contributed by atoms with Crippen LogP contribution >= 0.6 is 11.8 Å². The number of thioether (sulfide) groups is 1. The average molecular weight is 193 g/mol. The Labute approximate surface area is 83.7 Å². The van der Waals surface area contributed by atoms with Crippen LogP contribution in [-0.4, -0.2) is 5.75 Å². The summed E-state index contributed by atoms with van der Waals surface area (Å²) in [5, 5.41) is 0. The first-order valence-corrected chi connectivity index (χ1v) is 5.86. The van der Waals surface area contributed by atoms with Gasteiger partial charge in [-0.3, -0.25) is 0 Å². The molecule has 0 aromatic heterocycles. The van der Waals surface area contributed by atoms with Gasteiger partial charge < -0.3 is 5.73 Å². The molecule has 1 aliphatic heterocycles. The average Bonchev–Trinajstić information content (AvgIpc) is 2.30. The first kappa shape index (κ1) is 9.10. The van der Waals surface area contributed by atoms with Gasteiger partial charge in [0.2, 0.25) is 0 Å². The molecule has 0 aliphatic carbocycles. The van der Waals surface area contributed by atoms with Gasteiger partial charge in [0.1, 0.15) is 0 Å². The Morgan fingerprint density at radius 2 is 2.31 bits per heavy atom. The highest BCUT2D eigenvalue weighted by molar-refractivity contribution is 7.98. The van der Waals surface area contributed by atoms with E-state index in [-0.39, 0.29) is 6.04 Å². The van der Waals surface area contributed by atoms with E-state index in [1.807, 2.05) is 11.8 Å². The predicted molar refractivity (Wildman–Crippen MR) is 58.9 cm³/mol. The molecule has 1 aromatic rings. The second-order valence-corrected chi connectivity index (χ2v) is 4.70. The lowest BCUT2D eigenvalue weighted by atomic mass is 9.97. The second kappa shape index (κ2) is 3.72. The first-order chi connectivity index (χ1) is 6.29. The molecule has 0 spiro atoms. The molecule has 0 amide bonds. The van der Waals surface area contributed by atoms with Gasteiger partial charge >= 0.3 is 0 Å². The SMILES string of the molecule is Cc1cccc2c1CSCC[C@@H]2N. The van der Waals surface area contributed by atoms with Crippen molar-refractivity contribution >= 4 is 11.8 Å². The molecule has 2 rings (SSSR count). The van der Waals surface area contributed by atoms with E-state index < -0.39 is 0 Å². The van der Waals surface area contributed by atoms with E-state index in [0.717, 1.165) is 12.2 Å². The Hall–Kier alpha value is -0.470. The van der Waals surface area contributed by atoms with E-state index in [2.05, 4.69) is 25.1 Å². The maximum atomic E-state index is 6.10. The number of fused-ring (bicyclic) bond motifs is 1. The molecule has 2 N–H and O–H groups in total. The van der Waals surface area contributed by atoms with Gasteiger partial charge in [0.05, 0.1) is 0 Å². The molecule has 1 aliphatic rings. The van der Waals surface area contributed by atoms with Gasteiger partial charge in [-0.05, 0) is 35.8 Å². The highest BCUT2D eigenvalue weighted by Gasteiger charge is 2.15. The second-order valence-electron chi connectivity index (χ2n) is 3.59. The van der Waals surface area contributed by atoms with Crippen LogP contribution in [0, 0.1) is 6.92 Å². The molecular formula is C11H15NS. The summed E-state index contributed by atoms with van der Waals surface area (Å²) in [4.78, 5) is 0. The minimum Gasteiger partial charge on any atom is -0.324 e. The molecule has 1 aromatic carbocycles. The van der Waals surface area contributed by atoms with Crippen LogP contribution < -0.4 is 5.73 Å². The fourth-order valence-corrected chi connectivity index (χ4v) is 2.97. The van der Waals surface area contributed by atoms with Crippen LogP contribution in [-0.2, 0) is 5.75 Å². The third-order valence-corrected chi connectivity index (χ3v) is 3.68. The Morgan fingerprint density at radius 3 is 3.15 bits per heavy atom. The smallest absolute Gasteiger partial charge is 0.0305 e. The summed E-state index contributed by atoms with van der Waals surface area (Å²) >= 11 is 2.00. The molecular weight excluding hydrogens is 178 g/mol. The molecule has 70 valence electrons. The minimum atomic E-state index is 0.255. The lowest BCUT2D eigenvalue weighted by molar-refractivity contribution is 0.704. The van der Waals surface area contributed by atoms with Crippen LogP contribution in [0.2, 0.25) is 0 Å². The zero-order chi connectivity index (χ0) is 9.26. The molecule has 0 unspecified atom stereocenters. The molecule has 0 bridgehead atoms. The van der Waals surface area contributed by atoms with Crippen molar-refractivity contribution in [1.29, 1.82) is 0 Å². The van der Waals surface area contributed by atoms with E-state index in [1.54, 1.807) is 0 Å². The lowest BCUT2D eigenvalue weighted by Crippen LogP contribution is -2.11. The van der Waals surface area contributed by atoms with E-state index in [0.29, 0.717) is 0 Å². The van der Waals surface area contributed by atoms with Gasteiger partial charge in [0.25, 0.3) is 0 Å². The molecule has 0 saturated carbocycles. The lowest BCUT2D eigenvalue weighted by Gasteiger charge is -2.13. The van der Waals surface area contributed by atoms with E-state index >= 15 is 0 Å². The molecule has 1 nitrogen and oxygen atoms in total. The minimum absolute atomic E-state index is 0.255. The molecule has 0 radical (unpaired) electrons. The Bertz CT molecular complexity index is 309. The monoisotopic (exact) mass is 193 g/mol. The Kier molecular flexibility index (Phi) is 2.61. The summed E-state index contributed by atoms with van der Waals surface area (Å²) in [6.45, 7) is 2.18. The number of benzene rings is 1. The third-order valence-electron chi connectivity index (χ3n) is 2.67. The topological polar surface area (TPSA) is 26.0 Å². The summed E-state index contributed by atoms with van der Waals surface area (Å²) < 4.78 is 0. The largest absolute Gasteiger partial charge is 0.324 e. The van der Waals surface area contributed by atoms with Gasteiger partial charge in [-0.25, -0.2) is 0 Å². The third kappa shape index (κ3) is 1.74. The summed E-state index contributed by atoms with van der Waals surface area (Å²) in [5.74, 6) is 2.32. The van der Waals surface area contributed by atoms with Crippen LogP contribution in [0.25, 0.3) is 0 Å². The zero-order valence-electron chi connectivity index (χ0n) is 7.92. The predicted octanol–water partition coefficient (Wildman–Crippen LogP) is 2.63. The first-order valence-electron chi connectivity index (χ1n) is 4.71. The highest BCUT2D eigenvalue weighted by atomic mass is 32.2. The van der Waals surface area contributed by atoms with E-state index in [1.165, 1.54) is 22.4 Å². The van der Waals surface area contributed by atoms with Crippen LogP contribution in [0.1, 0.15) is 29.2 Å². The van der Waals surface area contributed by atoms with Crippen LogP contribution in [0.5, 0.6) is 0 Å². The van der Waals surface area contributed by atoms with Crippen molar-refractivity contribution in [2.45, 2.75) is 25.1 Å². The maximum absolute atomic E-state index is 6.10. The molecule has 0 fully saturated rings. The number of hydrogen-bond acceptors (Lipinski definition) is 2. The number of nitrogens with two attached hydrogens (primary N) is 1.